The Morgan fingerprint density at radius 1 is 1.50 bits per heavy atom. The zero-order valence-electron chi connectivity index (χ0n) is 9.06. The Morgan fingerprint density at radius 3 is 2.64 bits per heavy atom. The molecule has 2 unspecified atom stereocenters. The van der Waals surface area contributed by atoms with E-state index in [-0.39, 0.29) is 0 Å². The van der Waals surface area contributed by atoms with Gasteiger partial charge in [0.05, 0.1) is 19.8 Å². The molecule has 0 aromatic rings. The van der Waals surface area contributed by atoms with Gasteiger partial charge in [0, 0.05) is 14.2 Å². The molecule has 0 spiro atoms. The van der Waals surface area contributed by atoms with Gasteiger partial charge in [0.2, 0.25) is 0 Å². The van der Waals surface area contributed by atoms with Gasteiger partial charge < -0.3 is 18.3 Å². The maximum absolute atomic E-state index is 5.33. The van der Waals surface area contributed by atoms with Crippen molar-refractivity contribution in [2.24, 2.45) is 0 Å². The van der Waals surface area contributed by atoms with E-state index in [0.29, 0.717) is 18.3 Å². The maximum atomic E-state index is 5.33. The molecule has 1 fully saturated rings. The second-order valence-electron chi connectivity index (χ2n) is 3.51. The van der Waals surface area contributed by atoms with Crippen LogP contribution in [-0.2, 0) is 18.3 Å². The summed E-state index contributed by atoms with van der Waals surface area (Å²) in [4.78, 5) is 0. The molecule has 0 saturated carbocycles. The highest BCUT2D eigenvalue weighted by molar-refractivity contribution is 6.46. The van der Waals surface area contributed by atoms with Crippen LogP contribution in [0.25, 0.3) is 0 Å². The van der Waals surface area contributed by atoms with Gasteiger partial charge in [0.25, 0.3) is 0 Å². The van der Waals surface area contributed by atoms with Crippen LogP contribution >= 0.6 is 0 Å². The lowest BCUT2D eigenvalue weighted by Gasteiger charge is -2.17. The molecular formula is C9H19O4Si. The molecule has 0 bridgehead atoms. The van der Waals surface area contributed by atoms with Crippen LogP contribution in [0.5, 0.6) is 0 Å². The number of ether oxygens (including phenoxy) is 2. The lowest BCUT2D eigenvalue weighted by molar-refractivity contribution is 0.163. The molecule has 4 nitrogen and oxygen atoms in total. The van der Waals surface area contributed by atoms with Gasteiger partial charge >= 0.3 is 9.28 Å². The van der Waals surface area contributed by atoms with Crippen molar-refractivity contribution in [1.29, 1.82) is 0 Å². The SMILES string of the molecule is CO[SiH](OC)C(C)C[CH]OCC1CO1. The monoisotopic (exact) mass is 219 g/mol. The summed E-state index contributed by atoms with van der Waals surface area (Å²) in [6.45, 7) is 5.48. The third-order valence-corrected chi connectivity index (χ3v) is 4.33. The first-order chi connectivity index (χ1) is 6.77. The van der Waals surface area contributed by atoms with E-state index in [1.54, 1.807) is 14.2 Å². The topological polar surface area (TPSA) is 40.2 Å². The van der Waals surface area contributed by atoms with Crippen LogP contribution in [0.1, 0.15) is 13.3 Å². The van der Waals surface area contributed by atoms with Crippen molar-refractivity contribution in [2.45, 2.75) is 25.0 Å². The summed E-state index contributed by atoms with van der Waals surface area (Å²) in [5.41, 5.74) is 0.435. The normalized spacial score (nSPS) is 22.7. The second kappa shape index (κ2) is 6.52. The highest BCUT2D eigenvalue weighted by atomic mass is 28.3. The average molecular weight is 219 g/mol. The first-order valence-electron chi connectivity index (χ1n) is 4.88. The molecule has 1 aliphatic heterocycles. The first-order valence-corrected chi connectivity index (χ1v) is 6.49. The van der Waals surface area contributed by atoms with Crippen LogP contribution < -0.4 is 0 Å². The molecule has 1 heterocycles. The van der Waals surface area contributed by atoms with Crippen molar-refractivity contribution in [2.75, 3.05) is 27.4 Å². The van der Waals surface area contributed by atoms with E-state index in [0.717, 1.165) is 13.0 Å². The fourth-order valence-corrected chi connectivity index (χ4v) is 2.69. The Labute approximate surface area is 87.3 Å². The van der Waals surface area contributed by atoms with E-state index in [4.69, 9.17) is 18.3 Å². The number of epoxide rings is 1. The number of hydrogen-bond acceptors (Lipinski definition) is 4. The zero-order chi connectivity index (χ0) is 10.4. The molecule has 5 heteroatoms. The van der Waals surface area contributed by atoms with Gasteiger partial charge in [-0.1, -0.05) is 6.92 Å². The van der Waals surface area contributed by atoms with Crippen molar-refractivity contribution < 1.29 is 18.3 Å². The molecule has 0 aromatic heterocycles. The summed E-state index contributed by atoms with van der Waals surface area (Å²) < 4.78 is 20.9. The highest BCUT2D eigenvalue weighted by Crippen LogP contribution is 2.18. The lowest BCUT2D eigenvalue weighted by Crippen LogP contribution is -2.24. The molecular weight excluding hydrogens is 200 g/mol. The van der Waals surface area contributed by atoms with E-state index in [2.05, 4.69) is 6.92 Å². The standard InChI is InChI=1S/C9H19O4Si/c1-8(14(10-2)11-3)4-5-12-6-9-7-13-9/h5,8-9,14H,4,6-7H2,1-3H3. The van der Waals surface area contributed by atoms with Crippen molar-refractivity contribution in [3.05, 3.63) is 6.61 Å². The molecule has 0 aliphatic carbocycles. The Kier molecular flexibility index (Phi) is 5.65. The van der Waals surface area contributed by atoms with Gasteiger partial charge in [-0.2, -0.15) is 0 Å². The minimum atomic E-state index is -1.48. The average Bonchev–Trinajstić information content (AvgIpc) is 2.98. The molecule has 2 atom stereocenters. The molecule has 1 radical (unpaired) electrons. The molecule has 1 saturated heterocycles. The van der Waals surface area contributed by atoms with Crippen molar-refractivity contribution in [3.8, 4) is 0 Å². The summed E-state index contributed by atoms with van der Waals surface area (Å²) in [5, 5.41) is 0. The molecule has 0 N–H and O–H groups in total. The van der Waals surface area contributed by atoms with Crippen LogP contribution in [0.15, 0.2) is 0 Å². The third kappa shape index (κ3) is 4.52. The van der Waals surface area contributed by atoms with Crippen LogP contribution in [0.3, 0.4) is 0 Å². The van der Waals surface area contributed by atoms with E-state index < -0.39 is 9.28 Å². The van der Waals surface area contributed by atoms with Crippen LogP contribution in [0, 0.1) is 6.61 Å². The quantitative estimate of drug-likeness (QED) is 0.345. The largest absolute Gasteiger partial charge is 0.400 e. The second-order valence-corrected chi connectivity index (χ2v) is 6.33. The van der Waals surface area contributed by atoms with Gasteiger partial charge in [-0.25, -0.2) is 0 Å². The van der Waals surface area contributed by atoms with Crippen molar-refractivity contribution >= 4 is 9.28 Å². The fraction of sp³-hybridized carbons (Fsp3) is 0.889. The first kappa shape index (κ1) is 12.1. The molecule has 1 rings (SSSR count). The minimum absolute atomic E-state index is 0.333. The summed E-state index contributed by atoms with van der Waals surface area (Å²) in [7, 11) is 1.93. The molecule has 1 aliphatic rings. The third-order valence-electron chi connectivity index (χ3n) is 2.20. The Balaban J connectivity index is 1.97. The van der Waals surface area contributed by atoms with E-state index in [1.807, 2.05) is 6.61 Å². The Bertz CT molecular complexity index is 148. The summed E-state index contributed by atoms with van der Waals surface area (Å²) in [6, 6.07) is 0. The van der Waals surface area contributed by atoms with Gasteiger partial charge in [-0.15, -0.1) is 0 Å². The van der Waals surface area contributed by atoms with Crippen LogP contribution in [0.2, 0.25) is 5.54 Å². The lowest BCUT2D eigenvalue weighted by atomic mass is 10.3. The van der Waals surface area contributed by atoms with Crippen LogP contribution in [-0.4, -0.2) is 42.8 Å². The predicted octanol–water partition coefficient (Wildman–Crippen LogP) is 0.857. The fourth-order valence-electron chi connectivity index (χ4n) is 1.23. The molecule has 0 amide bonds. The molecule has 14 heavy (non-hydrogen) atoms. The van der Waals surface area contributed by atoms with Gasteiger partial charge in [-0.05, 0) is 12.0 Å². The smallest absolute Gasteiger partial charge is 0.323 e. The van der Waals surface area contributed by atoms with Crippen LogP contribution in [0.4, 0.5) is 0 Å². The number of rotatable bonds is 8. The zero-order valence-corrected chi connectivity index (χ0v) is 10.2. The highest BCUT2D eigenvalue weighted by Gasteiger charge is 2.23. The number of hydrogen-bond donors (Lipinski definition) is 0. The van der Waals surface area contributed by atoms with Gasteiger partial charge in [0.1, 0.15) is 6.10 Å². The van der Waals surface area contributed by atoms with E-state index in [1.165, 1.54) is 0 Å². The van der Waals surface area contributed by atoms with Crippen molar-refractivity contribution in [1.82, 2.24) is 0 Å². The van der Waals surface area contributed by atoms with Crippen molar-refractivity contribution in [3.63, 3.8) is 0 Å². The molecule has 0 aromatic carbocycles. The Hall–Kier alpha value is 0.0569. The predicted molar refractivity (Wildman–Crippen MR) is 55.2 cm³/mol. The Morgan fingerprint density at radius 2 is 2.14 bits per heavy atom. The van der Waals surface area contributed by atoms with Gasteiger partial charge in [0.15, 0.2) is 0 Å². The molecule has 83 valence electrons. The van der Waals surface area contributed by atoms with E-state index >= 15 is 0 Å². The summed E-state index contributed by atoms with van der Waals surface area (Å²) >= 11 is 0. The minimum Gasteiger partial charge on any atom is -0.400 e. The maximum Gasteiger partial charge on any atom is 0.323 e. The summed E-state index contributed by atoms with van der Waals surface area (Å²) in [6.07, 6.45) is 1.21. The van der Waals surface area contributed by atoms with E-state index in [9.17, 15) is 0 Å². The van der Waals surface area contributed by atoms with Gasteiger partial charge in [-0.3, -0.25) is 0 Å². The summed E-state index contributed by atoms with van der Waals surface area (Å²) in [5.74, 6) is 0.